The van der Waals surface area contributed by atoms with Gasteiger partial charge in [0.15, 0.2) is 0 Å². The van der Waals surface area contributed by atoms with Gasteiger partial charge in [0.25, 0.3) is 0 Å². The average Bonchev–Trinajstić information content (AvgIpc) is 0.811. The molecule has 0 aromatic carbocycles. The van der Waals surface area contributed by atoms with E-state index in [4.69, 9.17) is 0 Å². The van der Waals surface area contributed by atoms with Gasteiger partial charge in [0, 0.05) is 0 Å². The van der Waals surface area contributed by atoms with E-state index in [0.717, 1.165) is 0 Å². The Morgan fingerprint density at radius 1 is 1.80 bits per heavy atom. The van der Waals surface area contributed by atoms with Crippen molar-refractivity contribution in [2.45, 2.75) is 7.43 Å². The second-order valence-corrected chi connectivity index (χ2v) is 1.94. The largest absolute Gasteiger partial charge is 0.253 e. The summed E-state index contributed by atoms with van der Waals surface area (Å²) in [7, 11) is -1.79. The summed E-state index contributed by atoms with van der Waals surface area (Å²) in [6.45, 7) is 0. The zero-order chi connectivity index (χ0) is 3.58. The first-order valence-electron chi connectivity index (χ1n) is 0.623. The van der Waals surface area contributed by atoms with E-state index in [1.165, 1.54) is 0 Å². The van der Waals surface area contributed by atoms with Gasteiger partial charge in [0.2, 0.25) is 0 Å². The minimum absolute atomic E-state index is 0. The van der Waals surface area contributed by atoms with Crippen molar-refractivity contribution >= 4 is 20.7 Å². The lowest BCUT2D eigenvalue weighted by atomic mass is 12.0. The Morgan fingerprint density at radius 3 is 1.80 bits per heavy atom. The van der Waals surface area contributed by atoms with Crippen LogP contribution < -0.4 is 5.14 Å². The van der Waals surface area contributed by atoms with Gasteiger partial charge in [0.05, 0.1) is 9.54 Å². The smallest absolute Gasteiger partial charge is 0.0761 e. The molecule has 0 saturated heterocycles. The van der Waals surface area contributed by atoms with Crippen LogP contribution in [-0.2, 0) is 20.7 Å². The van der Waals surface area contributed by atoms with Crippen LogP contribution in [0.2, 0.25) is 0 Å². The highest BCUT2D eigenvalue weighted by Crippen LogP contribution is 1.20. The highest BCUT2D eigenvalue weighted by atomic mass is 32.8. The molecule has 4 heteroatoms. The molecule has 0 saturated carbocycles. The van der Waals surface area contributed by atoms with E-state index in [1.54, 1.807) is 0 Å². The van der Waals surface area contributed by atoms with Crippen LogP contribution in [0.1, 0.15) is 7.43 Å². The topological polar surface area (TPSA) is 43.1 Å². The van der Waals surface area contributed by atoms with Crippen molar-refractivity contribution in [3.05, 3.63) is 0 Å². The van der Waals surface area contributed by atoms with E-state index in [1.807, 2.05) is 0 Å². The quantitative estimate of drug-likeness (QED) is 0.413. The molecular weight excluding hydrogens is 106 g/mol. The predicted molar refractivity (Wildman–Crippen MR) is 27.8 cm³/mol. The molecule has 2 nitrogen and oxygen atoms in total. The van der Waals surface area contributed by atoms with Crippen LogP contribution in [0.5, 0.6) is 0 Å². The van der Waals surface area contributed by atoms with Crippen molar-refractivity contribution in [3.63, 3.8) is 0 Å². The van der Waals surface area contributed by atoms with Gasteiger partial charge in [-0.15, -0.1) is 0 Å². The summed E-state index contributed by atoms with van der Waals surface area (Å²) in [6, 6.07) is 0. The van der Waals surface area contributed by atoms with Crippen LogP contribution in [0.3, 0.4) is 0 Å². The molecule has 0 fully saturated rings. The van der Waals surface area contributed by atoms with Gasteiger partial charge in [-0.1, -0.05) is 7.43 Å². The van der Waals surface area contributed by atoms with Gasteiger partial charge >= 0.3 is 0 Å². The minimum atomic E-state index is -1.79. The number of thiol groups is 1. The third-order valence-electron chi connectivity index (χ3n) is 0. The Balaban J connectivity index is 0. The Labute approximate surface area is 38.2 Å². The molecule has 1 unspecified atom stereocenters. The fourth-order valence-corrected chi connectivity index (χ4v) is 0. The zero-order valence-electron chi connectivity index (χ0n) is 1.84. The Hall–Kier alpha value is 0.330. The zero-order valence-corrected chi connectivity index (χ0v) is 3.55. The van der Waals surface area contributed by atoms with Crippen LogP contribution in [-0.4, -0.2) is 4.21 Å². The molecule has 0 bridgehead atoms. The number of hydrogen-bond donors (Lipinski definition) is 2. The number of rotatable bonds is 0. The van der Waals surface area contributed by atoms with Crippen molar-refractivity contribution in [2.24, 2.45) is 5.14 Å². The molecule has 0 aromatic heterocycles. The SMILES string of the molecule is C.N[SH](=O)=S. The van der Waals surface area contributed by atoms with Crippen molar-refractivity contribution in [1.82, 2.24) is 0 Å². The van der Waals surface area contributed by atoms with Gasteiger partial charge in [-0.05, 0) is 11.2 Å². The van der Waals surface area contributed by atoms with E-state index >= 15 is 0 Å². The maximum absolute atomic E-state index is 9.19. The summed E-state index contributed by atoms with van der Waals surface area (Å²) in [6.07, 6.45) is 0. The van der Waals surface area contributed by atoms with E-state index < -0.39 is 9.54 Å². The van der Waals surface area contributed by atoms with Crippen molar-refractivity contribution < 1.29 is 4.21 Å². The summed E-state index contributed by atoms with van der Waals surface area (Å²) >= 11 is 3.91. The number of nitrogens with two attached hydrogens (primary N) is 1. The maximum Gasteiger partial charge on any atom is 0.0761 e. The molecule has 34 valence electrons. The Kier molecular flexibility index (Phi) is 7.80. The minimum Gasteiger partial charge on any atom is -0.253 e. The fourth-order valence-electron chi connectivity index (χ4n) is 0. The summed E-state index contributed by atoms with van der Waals surface area (Å²) in [4.78, 5) is 0. The van der Waals surface area contributed by atoms with Crippen molar-refractivity contribution in [3.8, 4) is 0 Å². The second-order valence-electron chi connectivity index (χ2n) is 0.285. The standard InChI is InChI=1S/CH4.H3NOS2/c;1-4(2)3/h1H4;4H,(H2,1,2,3). The van der Waals surface area contributed by atoms with E-state index in [-0.39, 0.29) is 7.43 Å². The summed E-state index contributed by atoms with van der Waals surface area (Å²) < 4.78 is 9.19. The molecule has 0 radical (unpaired) electrons. The summed E-state index contributed by atoms with van der Waals surface area (Å²) in [5.41, 5.74) is 0. The summed E-state index contributed by atoms with van der Waals surface area (Å²) in [5.74, 6) is 0. The van der Waals surface area contributed by atoms with E-state index in [9.17, 15) is 4.21 Å². The van der Waals surface area contributed by atoms with E-state index in [2.05, 4.69) is 16.3 Å². The lowest BCUT2D eigenvalue weighted by Crippen LogP contribution is -1.83. The molecule has 0 amide bonds. The molecule has 0 rings (SSSR count). The lowest BCUT2D eigenvalue weighted by molar-refractivity contribution is 0.694. The second kappa shape index (κ2) is 4.33. The maximum atomic E-state index is 9.19. The first-order valence-corrected chi connectivity index (χ1v) is 2.97. The van der Waals surface area contributed by atoms with Crippen LogP contribution in [0, 0.1) is 0 Å². The predicted octanol–water partition coefficient (Wildman–Crippen LogP) is -0.561. The molecule has 0 heterocycles. The first kappa shape index (κ1) is 9.01. The van der Waals surface area contributed by atoms with Crippen molar-refractivity contribution in [2.75, 3.05) is 0 Å². The van der Waals surface area contributed by atoms with Crippen molar-refractivity contribution in [1.29, 1.82) is 0 Å². The first-order chi connectivity index (χ1) is 1.73. The third-order valence-corrected chi connectivity index (χ3v) is 0. The van der Waals surface area contributed by atoms with Gasteiger partial charge in [-0.3, -0.25) is 5.14 Å². The fraction of sp³-hybridized carbons (Fsp3) is 1.00. The summed E-state index contributed by atoms with van der Waals surface area (Å²) in [5, 5.41) is 4.44. The van der Waals surface area contributed by atoms with E-state index in [0.29, 0.717) is 0 Å². The highest BCUT2D eigenvalue weighted by molar-refractivity contribution is 8.20. The molecule has 0 spiro atoms. The van der Waals surface area contributed by atoms with Gasteiger partial charge in [0.1, 0.15) is 0 Å². The average molecular weight is 113 g/mol. The lowest BCUT2D eigenvalue weighted by Gasteiger charge is -1.48. The molecule has 0 aliphatic carbocycles. The molecule has 0 aliphatic heterocycles. The normalized spacial score (nSPS) is 12.2. The third kappa shape index (κ3) is 216. The molecular formula is CH7NOS2. The number of hydrogen-bond acceptors (Lipinski definition) is 2. The molecule has 5 heavy (non-hydrogen) atoms. The molecule has 0 aliphatic rings. The van der Waals surface area contributed by atoms with Gasteiger partial charge in [-0.2, -0.15) is 0 Å². The van der Waals surface area contributed by atoms with Crippen LogP contribution in [0.4, 0.5) is 0 Å². The van der Waals surface area contributed by atoms with Gasteiger partial charge in [-0.25, -0.2) is 4.21 Å². The molecule has 1 atom stereocenters. The monoisotopic (exact) mass is 113 g/mol. The Bertz CT molecular complexity index is 58.0. The molecule has 0 aromatic rings. The van der Waals surface area contributed by atoms with Crippen LogP contribution >= 0.6 is 0 Å². The molecule has 2 N–H and O–H groups in total. The van der Waals surface area contributed by atoms with Crippen LogP contribution in [0.15, 0.2) is 0 Å². The highest BCUT2D eigenvalue weighted by Gasteiger charge is 1.37. The van der Waals surface area contributed by atoms with Crippen LogP contribution in [0.25, 0.3) is 0 Å². The Morgan fingerprint density at radius 2 is 1.80 bits per heavy atom. The van der Waals surface area contributed by atoms with Gasteiger partial charge < -0.3 is 0 Å².